The van der Waals surface area contributed by atoms with Gasteiger partial charge >= 0.3 is 0 Å². The Bertz CT molecular complexity index is 684. The van der Waals surface area contributed by atoms with E-state index >= 15 is 0 Å². The Morgan fingerprint density at radius 1 is 1.03 bits per heavy atom. The third-order valence-electron chi connectivity index (χ3n) is 4.70. The van der Waals surface area contributed by atoms with Crippen LogP contribution in [0.25, 0.3) is 0 Å². The van der Waals surface area contributed by atoms with Crippen molar-refractivity contribution in [3.8, 4) is 0 Å². The molecular formula is C23H38N4O5. The molecule has 9 nitrogen and oxygen atoms in total. The molecule has 0 atom stereocenters. The molecule has 0 spiro atoms. The molecule has 32 heavy (non-hydrogen) atoms. The minimum Gasteiger partial charge on any atom is -0.379 e. The van der Waals surface area contributed by atoms with Crippen molar-refractivity contribution in [1.82, 2.24) is 20.4 Å². The van der Waals surface area contributed by atoms with E-state index in [9.17, 15) is 14.4 Å². The third-order valence-corrected chi connectivity index (χ3v) is 4.70. The number of benzene rings is 1. The number of hydrogen-bond acceptors (Lipinski definition) is 6. The average molecular weight is 451 g/mol. The topological polar surface area (TPSA) is 100 Å². The van der Waals surface area contributed by atoms with Gasteiger partial charge in [-0.3, -0.25) is 14.4 Å². The molecule has 1 aromatic carbocycles. The number of amides is 3. The summed E-state index contributed by atoms with van der Waals surface area (Å²) >= 11 is 0. The molecular weight excluding hydrogens is 412 g/mol. The lowest BCUT2D eigenvalue weighted by Gasteiger charge is -2.22. The molecule has 0 saturated carbocycles. The van der Waals surface area contributed by atoms with Gasteiger partial charge in [0.25, 0.3) is 0 Å². The largest absolute Gasteiger partial charge is 0.379 e. The van der Waals surface area contributed by atoms with E-state index in [4.69, 9.17) is 9.47 Å². The second-order valence-corrected chi connectivity index (χ2v) is 7.60. The summed E-state index contributed by atoms with van der Waals surface area (Å²) in [5.74, 6) is 0.0159. The van der Waals surface area contributed by atoms with Crippen LogP contribution in [0.2, 0.25) is 0 Å². The van der Waals surface area contributed by atoms with Gasteiger partial charge < -0.3 is 29.9 Å². The van der Waals surface area contributed by atoms with E-state index < -0.39 is 0 Å². The van der Waals surface area contributed by atoms with Gasteiger partial charge in [0.15, 0.2) is 0 Å². The lowest BCUT2D eigenvalue weighted by atomic mass is 10.1. The molecule has 0 aliphatic rings. The summed E-state index contributed by atoms with van der Waals surface area (Å²) in [6, 6.07) is 7.54. The second kappa shape index (κ2) is 17.1. The van der Waals surface area contributed by atoms with Crippen LogP contribution < -0.4 is 10.6 Å². The van der Waals surface area contributed by atoms with Crippen LogP contribution >= 0.6 is 0 Å². The normalized spacial score (nSPS) is 10.8. The summed E-state index contributed by atoms with van der Waals surface area (Å²) in [4.78, 5) is 38.5. The first kappa shape index (κ1) is 27.5. The predicted molar refractivity (Wildman–Crippen MR) is 123 cm³/mol. The van der Waals surface area contributed by atoms with Crippen LogP contribution in [0.15, 0.2) is 24.3 Å². The molecule has 0 bridgehead atoms. The van der Waals surface area contributed by atoms with Gasteiger partial charge in [0.1, 0.15) is 0 Å². The van der Waals surface area contributed by atoms with E-state index in [1.807, 2.05) is 50.2 Å². The van der Waals surface area contributed by atoms with Gasteiger partial charge in [-0.2, -0.15) is 0 Å². The molecule has 0 unspecified atom stereocenters. The lowest BCUT2D eigenvalue weighted by Crippen LogP contribution is -2.37. The van der Waals surface area contributed by atoms with Crippen LogP contribution in [0.5, 0.6) is 0 Å². The van der Waals surface area contributed by atoms with Gasteiger partial charge in [0.05, 0.1) is 39.3 Å². The molecule has 0 fully saturated rings. The highest BCUT2D eigenvalue weighted by atomic mass is 16.5. The van der Waals surface area contributed by atoms with Gasteiger partial charge in [-0.05, 0) is 32.1 Å². The molecule has 180 valence electrons. The minimum atomic E-state index is -0.0846. The zero-order chi connectivity index (χ0) is 23.6. The Labute approximate surface area is 191 Å². The maximum atomic E-state index is 12.2. The van der Waals surface area contributed by atoms with Crippen molar-refractivity contribution in [3.05, 3.63) is 35.4 Å². The SMILES string of the molecule is CCN(CCN(C)C)C(=O)CCOCCOCCNC(=O)Cc1cccc(CNC=O)c1. The molecule has 2 N–H and O–H groups in total. The van der Waals surface area contributed by atoms with Gasteiger partial charge in [0, 0.05) is 32.7 Å². The highest BCUT2D eigenvalue weighted by Gasteiger charge is 2.11. The predicted octanol–water partition coefficient (Wildman–Crippen LogP) is 0.425. The van der Waals surface area contributed by atoms with Crippen molar-refractivity contribution < 1.29 is 23.9 Å². The van der Waals surface area contributed by atoms with E-state index in [1.165, 1.54) is 0 Å². The Hall–Kier alpha value is -2.49. The molecule has 0 aliphatic heterocycles. The summed E-state index contributed by atoms with van der Waals surface area (Å²) in [6.45, 7) is 6.69. The number of carbonyl (C=O) groups is 3. The van der Waals surface area contributed by atoms with Crippen molar-refractivity contribution in [3.63, 3.8) is 0 Å². The highest BCUT2D eigenvalue weighted by molar-refractivity contribution is 5.78. The zero-order valence-electron chi connectivity index (χ0n) is 19.6. The molecule has 0 saturated heterocycles. The van der Waals surface area contributed by atoms with Crippen molar-refractivity contribution in [1.29, 1.82) is 0 Å². The molecule has 3 amide bonds. The summed E-state index contributed by atoms with van der Waals surface area (Å²) in [5.41, 5.74) is 1.84. The van der Waals surface area contributed by atoms with Crippen molar-refractivity contribution in [2.24, 2.45) is 0 Å². The van der Waals surface area contributed by atoms with Gasteiger partial charge in [-0.1, -0.05) is 24.3 Å². The first-order valence-corrected chi connectivity index (χ1v) is 11.1. The number of hydrogen-bond donors (Lipinski definition) is 2. The quantitative estimate of drug-likeness (QED) is 0.248. The van der Waals surface area contributed by atoms with Crippen LogP contribution in [-0.2, 0) is 36.8 Å². The van der Waals surface area contributed by atoms with Crippen molar-refractivity contribution in [2.75, 3.05) is 66.7 Å². The lowest BCUT2D eigenvalue weighted by molar-refractivity contribution is -0.132. The maximum Gasteiger partial charge on any atom is 0.224 e. The number of ether oxygens (including phenoxy) is 2. The van der Waals surface area contributed by atoms with Crippen molar-refractivity contribution in [2.45, 2.75) is 26.3 Å². The van der Waals surface area contributed by atoms with E-state index in [0.29, 0.717) is 58.9 Å². The van der Waals surface area contributed by atoms with Gasteiger partial charge in [-0.15, -0.1) is 0 Å². The Kier molecular flexibility index (Phi) is 14.7. The summed E-state index contributed by atoms with van der Waals surface area (Å²) in [7, 11) is 3.98. The maximum absolute atomic E-state index is 12.2. The van der Waals surface area contributed by atoms with Gasteiger partial charge in [0.2, 0.25) is 18.2 Å². The van der Waals surface area contributed by atoms with E-state index in [2.05, 4.69) is 15.5 Å². The molecule has 9 heteroatoms. The summed E-state index contributed by atoms with van der Waals surface area (Å²) in [6.07, 6.45) is 1.29. The minimum absolute atomic E-state index is 0.0846. The molecule has 0 radical (unpaired) electrons. The highest BCUT2D eigenvalue weighted by Crippen LogP contribution is 2.06. The monoisotopic (exact) mass is 450 g/mol. The van der Waals surface area contributed by atoms with Crippen LogP contribution in [-0.4, -0.2) is 94.7 Å². The standard InChI is InChI=1S/C23H38N4O5/c1-4-27(11-10-26(2)3)23(30)8-12-31-14-15-32-13-9-25-22(29)17-20-6-5-7-21(16-20)18-24-19-28/h5-7,16,19H,4,8-15,17-18H2,1-3H3,(H,24,28)(H,25,29). The number of nitrogens with zero attached hydrogens (tertiary/aromatic N) is 2. The average Bonchev–Trinajstić information content (AvgIpc) is 2.77. The van der Waals surface area contributed by atoms with Crippen LogP contribution in [0.4, 0.5) is 0 Å². The second-order valence-electron chi connectivity index (χ2n) is 7.60. The number of rotatable bonds is 18. The fraction of sp³-hybridized carbons (Fsp3) is 0.609. The third kappa shape index (κ3) is 13.0. The number of likely N-dealkylation sites (N-methyl/N-ethyl adjacent to an activating group) is 2. The summed E-state index contributed by atoms with van der Waals surface area (Å²) in [5, 5.41) is 5.42. The van der Waals surface area contributed by atoms with Crippen LogP contribution in [0, 0.1) is 0 Å². The Balaban J connectivity index is 2.06. The fourth-order valence-electron chi connectivity index (χ4n) is 2.94. The van der Waals surface area contributed by atoms with E-state index in [-0.39, 0.29) is 18.2 Å². The molecule has 0 heterocycles. The fourth-order valence-corrected chi connectivity index (χ4v) is 2.94. The molecule has 1 rings (SSSR count). The number of nitrogens with one attached hydrogen (secondary N) is 2. The molecule has 1 aromatic rings. The Morgan fingerprint density at radius 3 is 2.44 bits per heavy atom. The smallest absolute Gasteiger partial charge is 0.224 e. The van der Waals surface area contributed by atoms with Gasteiger partial charge in [-0.25, -0.2) is 0 Å². The zero-order valence-corrected chi connectivity index (χ0v) is 19.6. The first-order valence-electron chi connectivity index (χ1n) is 11.1. The van der Waals surface area contributed by atoms with Crippen molar-refractivity contribution >= 4 is 18.2 Å². The first-order chi connectivity index (χ1) is 15.5. The van der Waals surface area contributed by atoms with E-state index in [0.717, 1.165) is 24.2 Å². The van der Waals surface area contributed by atoms with Crippen LogP contribution in [0.1, 0.15) is 24.5 Å². The Morgan fingerprint density at radius 2 is 1.75 bits per heavy atom. The van der Waals surface area contributed by atoms with E-state index in [1.54, 1.807) is 0 Å². The molecule has 0 aromatic heterocycles. The van der Waals surface area contributed by atoms with Crippen LogP contribution in [0.3, 0.4) is 0 Å². The molecule has 0 aliphatic carbocycles. The number of carbonyl (C=O) groups excluding carboxylic acids is 3. The summed E-state index contributed by atoms with van der Waals surface area (Å²) < 4.78 is 10.9.